The Labute approximate surface area is 122 Å². The Morgan fingerprint density at radius 2 is 1.76 bits per heavy atom. The smallest absolute Gasteiger partial charge is 0.343 e. The van der Waals surface area contributed by atoms with Crippen LogP contribution < -0.4 is 14.2 Å². The van der Waals surface area contributed by atoms with Crippen LogP contribution in [0.25, 0.3) is 0 Å². The minimum atomic E-state index is -0.543. The summed E-state index contributed by atoms with van der Waals surface area (Å²) >= 11 is 0. The Hall–Kier alpha value is -2.82. The number of benzene rings is 2. The van der Waals surface area contributed by atoms with Gasteiger partial charge in [-0.1, -0.05) is 12.1 Å². The molecule has 0 saturated heterocycles. The van der Waals surface area contributed by atoms with E-state index in [-0.39, 0.29) is 0 Å². The topological polar surface area (TPSA) is 61.8 Å². The summed E-state index contributed by atoms with van der Waals surface area (Å²) in [5.41, 5.74) is 0.761. The van der Waals surface area contributed by atoms with E-state index in [0.29, 0.717) is 34.7 Å². The zero-order valence-corrected chi connectivity index (χ0v) is 11.7. The summed E-state index contributed by atoms with van der Waals surface area (Å²) in [6.07, 6.45) is 0.688. The summed E-state index contributed by atoms with van der Waals surface area (Å²) < 4.78 is 15.5. The Morgan fingerprint density at radius 1 is 1.00 bits per heavy atom. The Kier molecular flexibility index (Phi) is 4.56. The average molecular weight is 286 g/mol. The van der Waals surface area contributed by atoms with Gasteiger partial charge in [0.05, 0.1) is 19.8 Å². The van der Waals surface area contributed by atoms with Gasteiger partial charge in [-0.2, -0.15) is 0 Å². The van der Waals surface area contributed by atoms with Crippen LogP contribution in [0.4, 0.5) is 0 Å². The van der Waals surface area contributed by atoms with Crippen molar-refractivity contribution in [1.82, 2.24) is 0 Å². The first-order chi connectivity index (χ1) is 10.2. The lowest BCUT2D eigenvalue weighted by Crippen LogP contribution is -2.09. The van der Waals surface area contributed by atoms with Crippen LogP contribution in [-0.4, -0.2) is 26.5 Å². The molecular formula is C16H14O5. The molecule has 2 rings (SSSR count). The van der Waals surface area contributed by atoms with Gasteiger partial charge in [0.15, 0.2) is 11.5 Å². The third-order valence-electron chi connectivity index (χ3n) is 2.82. The predicted molar refractivity (Wildman–Crippen MR) is 76.3 cm³/mol. The maximum absolute atomic E-state index is 12.1. The predicted octanol–water partition coefficient (Wildman–Crippen LogP) is 2.74. The molecule has 5 nitrogen and oxygen atoms in total. The van der Waals surface area contributed by atoms with Crippen molar-refractivity contribution in [1.29, 1.82) is 0 Å². The molecule has 2 aromatic carbocycles. The van der Waals surface area contributed by atoms with Crippen LogP contribution in [0, 0.1) is 0 Å². The van der Waals surface area contributed by atoms with Gasteiger partial charge in [-0.25, -0.2) is 4.79 Å². The molecule has 0 radical (unpaired) electrons. The van der Waals surface area contributed by atoms with Crippen LogP contribution in [0.3, 0.4) is 0 Å². The zero-order chi connectivity index (χ0) is 15.2. The van der Waals surface area contributed by atoms with Crippen molar-refractivity contribution >= 4 is 12.3 Å². The van der Waals surface area contributed by atoms with E-state index in [1.807, 2.05) is 0 Å². The van der Waals surface area contributed by atoms with E-state index >= 15 is 0 Å². The summed E-state index contributed by atoms with van der Waals surface area (Å²) in [6, 6.07) is 11.1. The maximum Gasteiger partial charge on any atom is 0.343 e. The second kappa shape index (κ2) is 6.56. The first-order valence-electron chi connectivity index (χ1n) is 6.17. The second-order valence-electron chi connectivity index (χ2n) is 4.15. The van der Waals surface area contributed by atoms with Gasteiger partial charge in [0.25, 0.3) is 0 Å². The molecule has 0 aliphatic rings. The number of aldehydes is 1. The van der Waals surface area contributed by atoms with Gasteiger partial charge in [-0.15, -0.1) is 0 Å². The summed E-state index contributed by atoms with van der Waals surface area (Å²) in [7, 11) is 3.00. The summed E-state index contributed by atoms with van der Waals surface area (Å²) in [4.78, 5) is 22.8. The summed E-state index contributed by atoms with van der Waals surface area (Å²) in [6.45, 7) is 0. The molecule has 0 aromatic heterocycles. The molecule has 108 valence electrons. The van der Waals surface area contributed by atoms with Crippen molar-refractivity contribution in [3.8, 4) is 17.2 Å². The molecule has 0 unspecified atom stereocenters. The van der Waals surface area contributed by atoms with Crippen molar-refractivity contribution in [2.75, 3.05) is 14.2 Å². The maximum atomic E-state index is 12.1. The van der Waals surface area contributed by atoms with Gasteiger partial charge in [-0.05, 0) is 30.3 Å². The standard InChI is InChI=1S/C16H14O5/c1-19-14-7-6-12(9-15(14)20-2)16(18)21-13-5-3-4-11(8-13)10-17/h3-10H,1-2H3. The van der Waals surface area contributed by atoms with Gasteiger partial charge in [0.2, 0.25) is 0 Å². The molecule has 0 aliphatic carbocycles. The lowest BCUT2D eigenvalue weighted by molar-refractivity contribution is 0.0733. The lowest BCUT2D eigenvalue weighted by Gasteiger charge is -2.09. The molecule has 0 amide bonds. The fourth-order valence-electron chi connectivity index (χ4n) is 1.78. The molecule has 5 heteroatoms. The van der Waals surface area contributed by atoms with E-state index in [2.05, 4.69) is 0 Å². The number of methoxy groups -OCH3 is 2. The van der Waals surface area contributed by atoms with E-state index in [9.17, 15) is 9.59 Å². The minimum Gasteiger partial charge on any atom is -0.493 e. The van der Waals surface area contributed by atoms with Crippen LogP contribution >= 0.6 is 0 Å². The zero-order valence-electron chi connectivity index (χ0n) is 11.7. The van der Waals surface area contributed by atoms with Crippen LogP contribution in [0.5, 0.6) is 17.2 Å². The molecule has 0 heterocycles. The highest BCUT2D eigenvalue weighted by atomic mass is 16.5. The number of rotatable bonds is 5. The number of esters is 1. The largest absolute Gasteiger partial charge is 0.493 e. The third-order valence-corrected chi connectivity index (χ3v) is 2.82. The molecule has 0 N–H and O–H groups in total. The van der Waals surface area contributed by atoms with Crippen molar-refractivity contribution in [2.24, 2.45) is 0 Å². The van der Waals surface area contributed by atoms with Crippen molar-refractivity contribution in [3.63, 3.8) is 0 Å². The van der Waals surface area contributed by atoms with Crippen LogP contribution in [0.1, 0.15) is 20.7 Å². The molecule has 21 heavy (non-hydrogen) atoms. The number of carbonyl (C=O) groups is 2. The van der Waals surface area contributed by atoms with Crippen LogP contribution in [0.15, 0.2) is 42.5 Å². The molecule has 0 atom stereocenters. The van der Waals surface area contributed by atoms with Crippen molar-refractivity contribution < 1.29 is 23.8 Å². The van der Waals surface area contributed by atoms with Crippen molar-refractivity contribution in [3.05, 3.63) is 53.6 Å². The number of carbonyl (C=O) groups excluding carboxylic acids is 2. The van der Waals surface area contributed by atoms with Crippen LogP contribution in [0.2, 0.25) is 0 Å². The normalized spacial score (nSPS) is 9.81. The molecule has 0 spiro atoms. The highest BCUT2D eigenvalue weighted by Gasteiger charge is 2.13. The van der Waals surface area contributed by atoms with Gasteiger partial charge < -0.3 is 14.2 Å². The quantitative estimate of drug-likeness (QED) is 0.480. The molecule has 2 aromatic rings. The Bertz CT molecular complexity index is 663. The number of hydrogen-bond donors (Lipinski definition) is 0. The first-order valence-corrected chi connectivity index (χ1v) is 6.17. The van der Waals surface area contributed by atoms with E-state index in [0.717, 1.165) is 0 Å². The van der Waals surface area contributed by atoms with Gasteiger partial charge >= 0.3 is 5.97 Å². The van der Waals surface area contributed by atoms with Gasteiger partial charge in [0, 0.05) is 5.56 Å². The van der Waals surface area contributed by atoms with Crippen LogP contribution in [-0.2, 0) is 0 Å². The van der Waals surface area contributed by atoms with E-state index < -0.39 is 5.97 Å². The monoisotopic (exact) mass is 286 g/mol. The fraction of sp³-hybridized carbons (Fsp3) is 0.125. The van der Waals surface area contributed by atoms with E-state index in [1.165, 1.54) is 26.4 Å². The van der Waals surface area contributed by atoms with Gasteiger partial charge in [0.1, 0.15) is 12.0 Å². The molecular weight excluding hydrogens is 272 g/mol. The summed E-state index contributed by atoms with van der Waals surface area (Å²) in [5, 5.41) is 0. The SMILES string of the molecule is COc1ccc(C(=O)Oc2cccc(C=O)c2)cc1OC. The Morgan fingerprint density at radius 3 is 2.43 bits per heavy atom. The highest BCUT2D eigenvalue weighted by molar-refractivity contribution is 5.92. The molecule has 0 fully saturated rings. The number of ether oxygens (including phenoxy) is 3. The van der Waals surface area contributed by atoms with Gasteiger partial charge in [-0.3, -0.25) is 4.79 Å². The van der Waals surface area contributed by atoms with Crippen molar-refractivity contribution in [2.45, 2.75) is 0 Å². The molecule has 0 aliphatic heterocycles. The summed E-state index contributed by atoms with van der Waals surface area (Å²) in [5.74, 6) is 0.726. The minimum absolute atomic E-state index is 0.305. The molecule has 0 saturated carbocycles. The first kappa shape index (κ1) is 14.6. The van der Waals surface area contributed by atoms with E-state index in [1.54, 1.807) is 30.3 Å². The third kappa shape index (κ3) is 3.39. The van der Waals surface area contributed by atoms with E-state index in [4.69, 9.17) is 14.2 Å². The fourth-order valence-corrected chi connectivity index (χ4v) is 1.78. The Balaban J connectivity index is 2.21. The molecule has 0 bridgehead atoms. The lowest BCUT2D eigenvalue weighted by atomic mass is 10.2. The number of hydrogen-bond acceptors (Lipinski definition) is 5. The second-order valence-corrected chi connectivity index (χ2v) is 4.15. The average Bonchev–Trinajstić information content (AvgIpc) is 2.54. The highest BCUT2D eigenvalue weighted by Crippen LogP contribution is 2.28.